The lowest BCUT2D eigenvalue weighted by Gasteiger charge is -2.18. The minimum Gasteiger partial charge on any atom is -0.459 e. The maximum atomic E-state index is 11.7. The number of carbonyl (C=O) groups is 2. The first kappa shape index (κ1) is 19.3. The molecule has 128 valence electrons. The molecule has 0 fully saturated rings. The molecule has 1 rings (SSSR count). The Labute approximate surface area is 132 Å². The van der Waals surface area contributed by atoms with Crippen LogP contribution in [0.4, 0.5) is 0 Å². The van der Waals surface area contributed by atoms with Crippen molar-refractivity contribution in [2.75, 3.05) is 12.7 Å². The summed E-state index contributed by atoms with van der Waals surface area (Å²) in [6, 6.07) is 7.04. The summed E-state index contributed by atoms with van der Waals surface area (Å²) >= 11 is 0. The Morgan fingerprint density at radius 2 is 1.87 bits per heavy atom. The van der Waals surface area contributed by atoms with Gasteiger partial charge in [-0.3, -0.25) is 14.6 Å². The van der Waals surface area contributed by atoms with Crippen molar-refractivity contribution in [3.8, 4) is 0 Å². The van der Waals surface area contributed by atoms with E-state index in [4.69, 9.17) is 20.3 Å². The third-order valence-electron chi connectivity index (χ3n) is 2.82. The molecule has 0 heterocycles. The van der Waals surface area contributed by atoms with E-state index in [0.29, 0.717) is 5.56 Å². The Hall–Kier alpha value is -1.77. The summed E-state index contributed by atoms with van der Waals surface area (Å²) in [4.78, 5) is 40.7. The van der Waals surface area contributed by atoms with Crippen LogP contribution in [0.5, 0.6) is 0 Å². The molecule has 0 bridgehead atoms. The zero-order chi connectivity index (χ0) is 17.5. The Kier molecular flexibility index (Phi) is 7.34. The van der Waals surface area contributed by atoms with Crippen molar-refractivity contribution in [1.29, 1.82) is 0 Å². The second-order valence-electron chi connectivity index (χ2n) is 4.77. The summed E-state index contributed by atoms with van der Waals surface area (Å²) in [5.41, 5.74) is 6.12. The first-order valence-corrected chi connectivity index (χ1v) is 8.51. The highest BCUT2D eigenvalue weighted by Gasteiger charge is 2.28. The highest BCUT2D eigenvalue weighted by atomic mass is 31.2. The molecule has 0 saturated carbocycles. The van der Waals surface area contributed by atoms with Crippen LogP contribution in [-0.4, -0.2) is 50.7 Å². The maximum absolute atomic E-state index is 11.7. The molecule has 23 heavy (non-hydrogen) atoms. The molecular formula is C13H19N2O7P. The van der Waals surface area contributed by atoms with Crippen LogP contribution in [0.3, 0.4) is 0 Å². The number of hydrogen-bond donors (Lipinski definition) is 4. The van der Waals surface area contributed by atoms with Crippen LogP contribution in [0.2, 0.25) is 0 Å². The molecule has 0 aliphatic heterocycles. The largest absolute Gasteiger partial charge is 0.459 e. The number of benzene rings is 1. The van der Waals surface area contributed by atoms with Crippen LogP contribution in [0.15, 0.2) is 30.3 Å². The number of nitrogens with zero attached hydrogens (tertiary/aromatic N) is 1. The number of rotatable bonds is 8. The SMILES string of the molecule is NC(C(=O)OCc1ccccc1)C(=O)N(O)CCCP(=O)(O)O. The standard InChI is InChI=1S/C13H19N2O7P/c14-11(12(16)15(18)7-4-8-23(19,20)21)13(17)22-9-10-5-2-1-3-6-10/h1-3,5-6,11,18H,4,7-9,14H2,(H2,19,20,21). The van der Waals surface area contributed by atoms with Gasteiger partial charge in [-0.15, -0.1) is 0 Å². The van der Waals surface area contributed by atoms with E-state index in [1.54, 1.807) is 30.3 Å². The molecule has 0 aliphatic carbocycles. The lowest BCUT2D eigenvalue weighted by molar-refractivity contribution is -0.172. The minimum atomic E-state index is -4.21. The first-order valence-electron chi connectivity index (χ1n) is 6.71. The maximum Gasteiger partial charge on any atom is 0.333 e. The average molecular weight is 346 g/mol. The van der Waals surface area contributed by atoms with Gasteiger partial charge in [0.15, 0.2) is 6.04 Å². The Morgan fingerprint density at radius 3 is 2.43 bits per heavy atom. The smallest absolute Gasteiger partial charge is 0.333 e. The number of carbonyl (C=O) groups excluding carboxylic acids is 2. The highest BCUT2D eigenvalue weighted by molar-refractivity contribution is 7.51. The topological polar surface area (TPSA) is 150 Å². The molecule has 0 radical (unpaired) electrons. The van der Waals surface area contributed by atoms with Gasteiger partial charge in [0.2, 0.25) is 0 Å². The van der Waals surface area contributed by atoms with E-state index in [9.17, 15) is 19.4 Å². The summed E-state index contributed by atoms with van der Waals surface area (Å²) in [6.45, 7) is -0.423. The summed E-state index contributed by atoms with van der Waals surface area (Å²) in [6.07, 6.45) is -0.636. The highest BCUT2D eigenvalue weighted by Crippen LogP contribution is 2.34. The molecule has 1 aromatic rings. The Morgan fingerprint density at radius 1 is 1.26 bits per heavy atom. The van der Waals surface area contributed by atoms with Gasteiger partial charge in [0.05, 0.1) is 6.16 Å². The second-order valence-corrected chi connectivity index (χ2v) is 6.55. The number of ether oxygens (including phenoxy) is 1. The Bertz CT molecular complexity index is 575. The van der Waals surface area contributed by atoms with Crippen LogP contribution in [0.1, 0.15) is 12.0 Å². The van der Waals surface area contributed by atoms with Crippen LogP contribution >= 0.6 is 7.60 Å². The van der Waals surface area contributed by atoms with E-state index in [2.05, 4.69) is 0 Å². The monoisotopic (exact) mass is 346 g/mol. The fourth-order valence-corrected chi connectivity index (χ4v) is 2.17. The van der Waals surface area contributed by atoms with E-state index in [1.165, 1.54) is 0 Å². The summed E-state index contributed by atoms with van der Waals surface area (Å²) in [7, 11) is -4.21. The predicted molar refractivity (Wildman–Crippen MR) is 79.2 cm³/mol. The van der Waals surface area contributed by atoms with Crippen LogP contribution < -0.4 is 5.73 Å². The number of nitrogens with two attached hydrogens (primary N) is 1. The van der Waals surface area contributed by atoms with Gasteiger partial charge in [0.25, 0.3) is 5.91 Å². The molecule has 1 atom stereocenters. The van der Waals surface area contributed by atoms with Gasteiger partial charge in [-0.2, -0.15) is 0 Å². The van der Waals surface area contributed by atoms with Gasteiger partial charge in [-0.05, 0) is 12.0 Å². The van der Waals surface area contributed by atoms with Gasteiger partial charge < -0.3 is 20.3 Å². The normalized spacial score (nSPS) is 12.5. The van der Waals surface area contributed by atoms with E-state index in [0.717, 1.165) is 0 Å². The lowest BCUT2D eigenvalue weighted by atomic mass is 10.2. The van der Waals surface area contributed by atoms with Crippen molar-refractivity contribution in [2.45, 2.75) is 19.1 Å². The number of hydrogen-bond acceptors (Lipinski definition) is 6. The van der Waals surface area contributed by atoms with Gasteiger partial charge in [0.1, 0.15) is 6.61 Å². The third-order valence-corrected chi connectivity index (χ3v) is 3.72. The molecule has 1 unspecified atom stereocenters. The predicted octanol–water partition coefficient (Wildman–Crippen LogP) is -0.157. The fourth-order valence-electron chi connectivity index (χ4n) is 1.62. The molecule has 0 aromatic heterocycles. The quantitative estimate of drug-likeness (QED) is 0.167. The summed E-state index contributed by atoms with van der Waals surface area (Å²) in [5, 5.41) is 9.62. The number of esters is 1. The Balaban J connectivity index is 2.42. The van der Waals surface area contributed by atoms with Crippen molar-refractivity contribution < 1.29 is 33.9 Å². The van der Waals surface area contributed by atoms with Crippen molar-refractivity contribution >= 4 is 19.5 Å². The molecule has 0 spiro atoms. The average Bonchev–Trinajstić information content (AvgIpc) is 2.50. The molecule has 1 amide bonds. The van der Waals surface area contributed by atoms with Crippen molar-refractivity contribution in [1.82, 2.24) is 5.06 Å². The zero-order valence-electron chi connectivity index (χ0n) is 12.2. The number of hydroxylamine groups is 2. The van der Waals surface area contributed by atoms with E-state index in [1.807, 2.05) is 0 Å². The summed E-state index contributed by atoms with van der Waals surface area (Å²) < 4.78 is 15.5. The molecular weight excluding hydrogens is 327 g/mol. The molecule has 10 heteroatoms. The minimum absolute atomic E-state index is 0.0652. The van der Waals surface area contributed by atoms with Crippen molar-refractivity contribution in [3.63, 3.8) is 0 Å². The van der Waals surface area contributed by atoms with Crippen molar-refractivity contribution in [3.05, 3.63) is 35.9 Å². The first-order chi connectivity index (χ1) is 10.7. The summed E-state index contributed by atoms with van der Waals surface area (Å²) in [5.74, 6) is -2.11. The molecule has 1 aromatic carbocycles. The van der Waals surface area contributed by atoms with Gasteiger partial charge in [-0.25, -0.2) is 9.86 Å². The fraction of sp³-hybridized carbons (Fsp3) is 0.385. The number of amides is 1. The van der Waals surface area contributed by atoms with Gasteiger partial charge in [-0.1, -0.05) is 30.3 Å². The molecule has 5 N–H and O–H groups in total. The van der Waals surface area contributed by atoms with Crippen LogP contribution in [0.25, 0.3) is 0 Å². The van der Waals surface area contributed by atoms with E-state index in [-0.39, 0.29) is 24.6 Å². The van der Waals surface area contributed by atoms with Crippen LogP contribution in [0, 0.1) is 0 Å². The molecule has 0 aliphatic rings. The second kappa shape index (κ2) is 8.76. The lowest BCUT2D eigenvalue weighted by Crippen LogP contribution is -2.48. The van der Waals surface area contributed by atoms with Gasteiger partial charge >= 0.3 is 13.6 Å². The van der Waals surface area contributed by atoms with E-state index >= 15 is 0 Å². The van der Waals surface area contributed by atoms with E-state index < -0.39 is 31.7 Å². The van der Waals surface area contributed by atoms with Gasteiger partial charge in [0, 0.05) is 6.54 Å². The third kappa shape index (κ3) is 7.36. The molecule has 0 saturated heterocycles. The van der Waals surface area contributed by atoms with Crippen molar-refractivity contribution in [2.24, 2.45) is 5.73 Å². The molecule has 9 nitrogen and oxygen atoms in total. The zero-order valence-corrected chi connectivity index (χ0v) is 13.1. The van der Waals surface area contributed by atoms with Crippen LogP contribution in [-0.2, 0) is 25.5 Å².